The zero-order valence-electron chi connectivity index (χ0n) is 11.0. The van der Waals surface area contributed by atoms with Gasteiger partial charge in [-0.25, -0.2) is 0 Å². The predicted molar refractivity (Wildman–Crippen MR) is 70.4 cm³/mol. The molecule has 0 radical (unpaired) electrons. The highest BCUT2D eigenvalue weighted by Gasteiger charge is 2.19. The van der Waals surface area contributed by atoms with Gasteiger partial charge in [0, 0.05) is 0 Å². The van der Waals surface area contributed by atoms with Gasteiger partial charge in [-0.15, -0.1) is 10.2 Å². The number of aliphatic carboxylic acids is 1. The second-order valence-corrected chi connectivity index (χ2v) is 5.15. The molecule has 1 atom stereocenters. The topological polar surface area (TPSA) is 81.2 Å². The second kappa shape index (κ2) is 5.48. The average Bonchev–Trinajstić information content (AvgIpc) is 2.92. The molecule has 0 aromatic carbocycles. The lowest BCUT2D eigenvalue weighted by Crippen LogP contribution is -2.10. The Morgan fingerprint density at radius 2 is 2.21 bits per heavy atom. The van der Waals surface area contributed by atoms with Crippen molar-refractivity contribution in [1.82, 2.24) is 14.8 Å². The van der Waals surface area contributed by atoms with Crippen molar-refractivity contribution in [3.8, 4) is 0 Å². The van der Waals surface area contributed by atoms with Crippen molar-refractivity contribution in [2.24, 2.45) is 0 Å². The molecule has 0 saturated carbocycles. The number of hydrogen-bond donors (Lipinski definition) is 1. The van der Waals surface area contributed by atoms with Crippen molar-refractivity contribution in [2.75, 3.05) is 5.75 Å². The smallest absolute Gasteiger partial charge is 0.313 e. The Labute approximate surface area is 114 Å². The summed E-state index contributed by atoms with van der Waals surface area (Å²) in [4.78, 5) is 10.6. The first-order valence-corrected chi connectivity index (χ1v) is 6.80. The van der Waals surface area contributed by atoms with E-state index in [1.165, 1.54) is 0 Å². The third-order valence-corrected chi connectivity index (χ3v) is 3.65. The summed E-state index contributed by atoms with van der Waals surface area (Å²) in [7, 11) is 0. The van der Waals surface area contributed by atoms with Crippen LogP contribution in [0.1, 0.15) is 30.3 Å². The minimum absolute atomic E-state index is 0.0396. The fourth-order valence-corrected chi connectivity index (χ4v) is 2.61. The van der Waals surface area contributed by atoms with E-state index >= 15 is 0 Å². The Balaban J connectivity index is 2.27. The molecule has 0 aliphatic carbocycles. The van der Waals surface area contributed by atoms with Crippen LogP contribution in [0.15, 0.2) is 21.7 Å². The summed E-state index contributed by atoms with van der Waals surface area (Å²) in [5.74, 6) is 1.46. The number of aryl methyl sites for hydroxylation is 2. The van der Waals surface area contributed by atoms with Crippen molar-refractivity contribution in [1.29, 1.82) is 0 Å². The van der Waals surface area contributed by atoms with Gasteiger partial charge in [-0.2, -0.15) is 0 Å². The fourth-order valence-electron chi connectivity index (χ4n) is 1.83. The van der Waals surface area contributed by atoms with Gasteiger partial charge in [-0.3, -0.25) is 9.36 Å². The summed E-state index contributed by atoms with van der Waals surface area (Å²) >= 11 is 1.15. The van der Waals surface area contributed by atoms with Gasteiger partial charge in [0.05, 0.1) is 11.8 Å². The number of rotatable bonds is 5. The first-order chi connectivity index (χ1) is 8.99. The zero-order chi connectivity index (χ0) is 14.0. The number of aromatic nitrogens is 3. The minimum atomic E-state index is -0.876. The molecule has 1 unspecified atom stereocenters. The number of furan rings is 1. The molecule has 7 heteroatoms. The van der Waals surface area contributed by atoms with Gasteiger partial charge < -0.3 is 9.52 Å². The van der Waals surface area contributed by atoms with Crippen LogP contribution in [0, 0.1) is 13.8 Å². The van der Waals surface area contributed by atoms with Gasteiger partial charge in [0.25, 0.3) is 0 Å². The molecule has 0 bridgehead atoms. The van der Waals surface area contributed by atoms with Crippen molar-refractivity contribution in [3.05, 3.63) is 29.5 Å². The molecule has 0 fully saturated rings. The first kappa shape index (κ1) is 13.7. The van der Waals surface area contributed by atoms with Gasteiger partial charge in [-0.05, 0) is 32.9 Å². The number of nitrogens with zero attached hydrogens (tertiary/aromatic N) is 3. The quantitative estimate of drug-likeness (QED) is 0.847. The Bertz CT molecular complexity index is 591. The SMILES string of the molecule is Cc1ccc(C(C)n2c(C)nnc2SCC(=O)O)o1. The maximum absolute atomic E-state index is 10.6. The van der Waals surface area contributed by atoms with Gasteiger partial charge >= 0.3 is 5.97 Å². The molecule has 0 spiro atoms. The van der Waals surface area contributed by atoms with Crippen LogP contribution in [0.25, 0.3) is 0 Å². The molecule has 2 aromatic heterocycles. The number of carboxylic acid groups (broad SMARTS) is 1. The highest BCUT2D eigenvalue weighted by atomic mass is 32.2. The standard InChI is InChI=1S/C12H15N3O3S/c1-7-4-5-10(18-7)8(2)15-9(3)13-14-12(15)19-6-11(16)17/h4-5,8H,6H2,1-3H3,(H,16,17). The van der Waals surface area contributed by atoms with Crippen LogP contribution in [-0.4, -0.2) is 31.6 Å². The van der Waals surface area contributed by atoms with Gasteiger partial charge in [-0.1, -0.05) is 11.8 Å². The van der Waals surface area contributed by atoms with Crippen LogP contribution in [0.3, 0.4) is 0 Å². The molecular formula is C12H15N3O3S. The minimum Gasteiger partial charge on any atom is -0.481 e. The summed E-state index contributed by atoms with van der Waals surface area (Å²) in [6, 6.07) is 3.74. The third kappa shape index (κ3) is 2.98. The molecule has 2 rings (SSSR count). The Kier molecular flexibility index (Phi) is 3.94. The van der Waals surface area contributed by atoms with E-state index in [2.05, 4.69) is 10.2 Å². The van der Waals surface area contributed by atoms with E-state index in [4.69, 9.17) is 9.52 Å². The maximum Gasteiger partial charge on any atom is 0.313 e. The molecule has 1 N–H and O–H groups in total. The van der Waals surface area contributed by atoms with E-state index in [0.717, 1.165) is 29.1 Å². The van der Waals surface area contributed by atoms with E-state index in [1.54, 1.807) is 0 Å². The maximum atomic E-state index is 10.6. The van der Waals surface area contributed by atoms with Crippen LogP contribution in [0.5, 0.6) is 0 Å². The normalized spacial score (nSPS) is 12.6. The molecule has 19 heavy (non-hydrogen) atoms. The fraction of sp³-hybridized carbons (Fsp3) is 0.417. The number of thioether (sulfide) groups is 1. The number of carboxylic acids is 1. The predicted octanol–water partition coefficient (Wildman–Crippen LogP) is 2.27. The van der Waals surface area contributed by atoms with E-state index in [-0.39, 0.29) is 11.8 Å². The molecule has 0 amide bonds. The molecule has 0 saturated heterocycles. The highest BCUT2D eigenvalue weighted by Crippen LogP contribution is 2.27. The lowest BCUT2D eigenvalue weighted by atomic mass is 10.2. The third-order valence-electron chi connectivity index (χ3n) is 2.72. The molecule has 6 nitrogen and oxygen atoms in total. The second-order valence-electron chi connectivity index (χ2n) is 4.21. The van der Waals surface area contributed by atoms with E-state index in [9.17, 15) is 4.79 Å². The molecule has 2 heterocycles. The summed E-state index contributed by atoms with van der Waals surface area (Å²) < 4.78 is 7.48. The van der Waals surface area contributed by atoms with Gasteiger partial charge in [0.2, 0.25) is 0 Å². The lowest BCUT2D eigenvalue weighted by Gasteiger charge is -2.14. The number of carbonyl (C=O) groups is 1. The molecular weight excluding hydrogens is 266 g/mol. The molecule has 2 aromatic rings. The average molecular weight is 281 g/mol. The summed E-state index contributed by atoms with van der Waals surface area (Å²) in [5, 5.41) is 17.3. The Hall–Kier alpha value is -1.76. The van der Waals surface area contributed by atoms with Gasteiger partial charge in [0.15, 0.2) is 5.16 Å². The largest absolute Gasteiger partial charge is 0.481 e. The van der Waals surface area contributed by atoms with E-state index < -0.39 is 5.97 Å². The van der Waals surface area contributed by atoms with Crippen LogP contribution in [0.4, 0.5) is 0 Å². The van der Waals surface area contributed by atoms with Crippen LogP contribution >= 0.6 is 11.8 Å². The van der Waals surface area contributed by atoms with E-state index in [0.29, 0.717) is 5.16 Å². The monoisotopic (exact) mass is 281 g/mol. The molecule has 102 valence electrons. The van der Waals surface area contributed by atoms with Crippen LogP contribution in [-0.2, 0) is 4.79 Å². The first-order valence-electron chi connectivity index (χ1n) is 5.81. The lowest BCUT2D eigenvalue weighted by molar-refractivity contribution is -0.133. The van der Waals surface area contributed by atoms with Crippen molar-refractivity contribution < 1.29 is 14.3 Å². The summed E-state index contributed by atoms with van der Waals surface area (Å²) in [6.45, 7) is 5.69. The van der Waals surface area contributed by atoms with Crippen LogP contribution < -0.4 is 0 Å². The number of hydrogen-bond acceptors (Lipinski definition) is 5. The summed E-state index contributed by atoms with van der Waals surface area (Å²) in [6.07, 6.45) is 0. The summed E-state index contributed by atoms with van der Waals surface area (Å²) in [5.41, 5.74) is 0. The zero-order valence-corrected chi connectivity index (χ0v) is 11.8. The van der Waals surface area contributed by atoms with Crippen molar-refractivity contribution >= 4 is 17.7 Å². The molecule has 0 aliphatic rings. The molecule has 0 aliphatic heterocycles. The van der Waals surface area contributed by atoms with Crippen molar-refractivity contribution in [3.63, 3.8) is 0 Å². The van der Waals surface area contributed by atoms with Gasteiger partial charge in [0.1, 0.15) is 17.3 Å². The Morgan fingerprint density at radius 3 is 2.79 bits per heavy atom. The van der Waals surface area contributed by atoms with Crippen molar-refractivity contribution in [2.45, 2.75) is 32.0 Å². The van der Waals surface area contributed by atoms with Crippen LogP contribution in [0.2, 0.25) is 0 Å². The highest BCUT2D eigenvalue weighted by molar-refractivity contribution is 7.99. The Morgan fingerprint density at radius 1 is 1.47 bits per heavy atom. The van der Waals surface area contributed by atoms with E-state index in [1.807, 2.05) is 37.5 Å².